The minimum atomic E-state index is -0.436. The number of ether oxygens (including phenoxy) is 3. The summed E-state index contributed by atoms with van der Waals surface area (Å²) in [5.41, 5.74) is 1.53. The van der Waals surface area contributed by atoms with Gasteiger partial charge in [0.25, 0.3) is 0 Å². The maximum atomic E-state index is 11.8. The van der Waals surface area contributed by atoms with Gasteiger partial charge in [-0.25, -0.2) is 0 Å². The fourth-order valence-corrected chi connectivity index (χ4v) is 2.35. The Morgan fingerprint density at radius 3 is 2.32 bits per heavy atom. The quantitative estimate of drug-likeness (QED) is 0.506. The molecule has 7 nitrogen and oxygen atoms in total. The molecule has 0 heterocycles. The Bertz CT molecular complexity index is 670. The summed E-state index contributed by atoms with van der Waals surface area (Å²) < 4.78 is 16.0. The lowest BCUT2D eigenvalue weighted by atomic mass is 10.1. The van der Waals surface area contributed by atoms with E-state index in [-0.39, 0.29) is 12.1 Å². The lowest BCUT2D eigenvalue weighted by Gasteiger charge is -2.19. The maximum Gasteiger partial charge on any atom is 0.373 e. The number of nitrogens with one attached hydrogen (secondary N) is 1. The van der Waals surface area contributed by atoms with Crippen LogP contribution in [0, 0.1) is 0 Å². The van der Waals surface area contributed by atoms with Crippen molar-refractivity contribution in [1.29, 1.82) is 0 Å². The predicted octanol–water partition coefficient (Wildman–Crippen LogP) is 3.58. The molecule has 0 unspecified atom stereocenters. The Morgan fingerprint density at radius 2 is 1.82 bits per heavy atom. The first-order valence-corrected chi connectivity index (χ1v) is 9.09. The van der Waals surface area contributed by atoms with Crippen LogP contribution in [0.15, 0.2) is 24.3 Å². The van der Waals surface area contributed by atoms with Crippen LogP contribution < -0.4 is 14.8 Å². The van der Waals surface area contributed by atoms with Crippen molar-refractivity contribution in [1.82, 2.24) is 5.32 Å². The van der Waals surface area contributed by atoms with E-state index in [9.17, 15) is 4.79 Å². The molecule has 0 radical (unpaired) electrons. The molecular weight excluding hydrogens is 362 g/mol. The van der Waals surface area contributed by atoms with Crippen LogP contribution in [0.2, 0.25) is 0 Å². The number of allylic oxidation sites excluding steroid dienone is 1. The molecule has 1 aromatic rings. The Hall–Kier alpha value is -2.79. The largest absolute Gasteiger partial charge is 0.497 e. The average molecular weight is 393 g/mol. The summed E-state index contributed by atoms with van der Waals surface area (Å²) in [5.74, 6) is 1.33. The molecule has 0 saturated heterocycles. The fraction of sp³-hybridized carbons (Fsp3) is 0.524. The van der Waals surface area contributed by atoms with Crippen LogP contribution in [0.4, 0.5) is 0 Å². The third-order valence-corrected chi connectivity index (χ3v) is 3.40. The van der Waals surface area contributed by atoms with Crippen molar-refractivity contribution in [3.8, 4) is 11.5 Å². The molecule has 0 aliphatic rings. The van der Waals surface area contributed by atoms with Crippen molar-refractivity contribution in [2.45, 2.75) is 52.6 Å². The highest BCUT2D eigenvalue weighted by molar-refractivity contribution is 5.71. The first kappa shape index (κ1) is 25.2. The van der Waals surface area contributed by atoms with E-state index in [1.54, 1.807) is 14.2 Å². The molecule has 0 bridgehead atoms. The molecule has 0 aliphatic carbocycles. The van der Waals surface area contributed by atoms with Crippen molar-refractivity contribution in [2.24, 2.45) is 0 Å². The van der Waals surface area contributed by atoms with Gasteiger partial charge in [0.05, 0.1) is 14.2 Å². The van der Waals surface area contributed by atoms with Crippen molar-refractivity contribution in [3.05, 3.63) is 29.8 Å². The second-order valence-electron chi connectivity index (χ2n) is 6.79. The molecule has 0 atom stereocenters. The van der Waals surface area contributed by atoms with Crippen LogP contribution in [0.3, 0.4) is 0 Å². The van der Waals surface area contributed by atoms with Gasteiger partial charge in [-0.3, -0.25) is 4.79 Å². The highest BCUT2D eigenvalue weighted by Crippen LogP contribution is 2.29. The van der Waals surface area contributed by atoms with Gasteiger partial charge in [0, 0.05) is 30.3 Å². The van der Waals surface area contributed by atoms with Crippen molar-refractivity contribution < 1.29 is 28.6 Å². The number of carbonyl (C=O) groups is 1. The molecule has 1 N–H and O–H groups in total. The predicted molar refractivity (Wildman–Crippen MR) is 106 cm³/mol. The van der Waals surface area contributed by atoms with E-state index in [0.717, 1.165) is 29.2 Å². The number of hydrogen-bond acceptors (Lipinski definition) is 7. The maximum absolute atomic E-state index is 11.8. The van der Waals surface area contributed by atoms with Gasteiger partial charge in [0.15, 0.2) is 0 Å². The molecule has 1 aromatic carbocycles. The molecule has 0 saturated carbocycles. The topological polar surface area (TPSA) is 90.9 Å². The van der Waals surface area contributed by atoms with E-state index >= 15 is 0 Å². The zero-order chi connectivity index (χ0) is 21.6. The molecule has 0 amide bonds. The van der Waals surface area contributed by atoms with Gasteiger partial charge in [-0.05, 0) is 45.7 Å². The average Bonchev–Trinajstić information content (AvgIpc) is 2.63. The van der Waals surface area contributed by atoms with Crippen LogP contribution in [0.25, 0.3) is 5.70 Å². The molecule has 1 rings (SSSR count). The van der Waals surface area contributed by atoms with E-state index in [1.165, 1.54) is 0 Å². The molecule has 0 fully saturated rings. The van der Waals surface area contributed by atoms with Gasteiger partial charge in [-0.1, -0.05) is 13.0 Å². The Morgan fingerprint density at radius 1 is 1.18 bits per heavy atom. The number of carbonyl (C=O) groups excluding carboxylic acids is 3. The molecule has 28 heavy (non-hydrogen) atoms. The summed E-state index contributed by atoms with van der Waals surface area (Å²) in [6, 6.07) is 5.74. The molecule has 7 heteroatoms. The van der Waals surface area contributed by atoms with Crippen LogP contribution >= 0.6 is 0 Å². The summed E-state index contributed by atoms with van der Waals surface area (Å²) in [4.78, 5) is 28.0. The van der Waals surface area contributed by atoms with Gasteiger partial charge < -0.3 is 19.5 Å². The number of methoxy groups -OCH3 is 2. The van der Waals surface area contributed by atoms with Crippen molar-refractivity contribution in [2.75, 3.05) is 20.8 Å². The summed E-state index contributed by atoms with van der Waals surface area (Å²) in [6.07, 6.45) is 4.35. The van der Waals surface area contributed by atoms with E-state index in [1.807, 2.05) is 39.0 Å². The monoisotopic (exact) mass is 393 g/mol. The van der Waals surface area contributed by atoms with Crippen LogP contribution in [-0.2, 0) is 19.1 Å². The Kier molecular flexibility index (Phi) is 12.1. The van der Waals surface area contributed by atoms with Crippen LogP contribution in [-0.4, -0.2) is 38.5 Å². The summed E-state index contributed by atoms with van der Waals surface area (Å²) in [5, 5.41) is 3.40. The van der Waals surface area contributed by atoms with Gasteiger partial charge in [0.1, 0.15) is 17.1 Å². The Labute approximate surface area is 167 Å². The van der Waals surface area contributed by atoms with Gasteiger partial charge in [-0.15, -0.1) is 0 Å². The van der Waals surface area contributed by atoms with Crippen LogP contribution in [0.5, 0.6) is 11.5 Å². The number of hydrogen-bond donors (Lipinski definition) is 1. The lowest BCUT2D eigenvalue weighted by molar-refractivity contribution is -0.191. The number of benzene rings is 1. The summed E-state index contributed by atoms with van der Waals surface area (Å²) >= 11 is 0. The first-order valence-electron chi connectivity index (χ1n) is 9.09. The third-order valence-electron chi connectivity index (χ3n) is 3.40. The third kappa shape index (κ3) is 10.4. The molecule has 0 spiro atoms. The standard InChI is InChI=1S/C20H31NO4.CO2/c1-7-9-17(16-12-11-15(23-5)14-18(16)24-6)21-13-8-10-19(22)25-20(2,3)4;2-1-3/h9,11-12,14,21H,7-8,10,13H2,1-6H3;/b17-9-;. The molecular formula is C21H31NO6. The summed E-state index contributed by atoms with van der Waals surface area (Å²) in [7, 11) is 3.27. The first-order chi connectivity index (χ1) is 13.2. The Balaban J connectivity index is 0.00000227. The van der Waals surface area contributed by atoms with E-state index < -0.39 is 5.60 Å². The molecule has 0 aliphatic heterocycles. The highest BCUT2D eigenvalue weighted by Gasteiger charge is 2.16. The second-order valence-corrected chi connectivity index (χ2v) is 6.79. The zero-order valence-corrected chi connectivity index (χ0v) is 17.6. The smallest absolute Gasteiger partial charge is 0.373 e. The summed E-state index contributed by atoms with van der Waals surface area (Å²) in [6.45, 7) is 8.39. The second kappa shape index (κ2) is 13.4. The lowest BCUT2D eigenvalue weighted by Crippen LogP contribution is -2.24. The minimum Gasteiger partial charge on any atom is -0.497 e. The zero-order valence-electron chi connectivity index (χ0n) is 17.6. The SMILES string of the molecule is CC/C=C(\NCCCC(=O)OC(C)(C)C)c1ccc(OC)cc1OC.O=C=O. The van der Waals surface area contributed by atoms with E-state index in [2.05, 4.69) is 18.3 Å². The van der Waals surface area contributed by atoms with Gasteiger partial charge >= 0.3 is 12.1 Å². The molecule has 0 aromatic heterocycles. The van der Waals surface area contributed by atoms with Gasteiger partial charge in [0.2, 0.25) is 0 Å². The molecule has 156 valence electrons. The van der Waals surface area contributed by atoms with E-state index in [4.69, 9.17) is 23.8 Å². The number of rotatable bonds is 9. The van der Waals surface area contributed by atoms with Gasteiger partial charge in [-0.2, -0.15) is 9.59 Å². The van der Waals surface area contributed by atoms with Crippen molar-refractivity contribution in [3.63, 3.8) is 0 Å². The minimum absolute atomic E-state index is 0.169. The van der Waals surface area contributed by atoms with E-state index in [0.29, 0.717) is 19.4 Å². The highest BCUT2D eigenvalue weighted by atomic mass is 16.6. The van der Waals surface area contributed by atoms with Crippen LogP contribution in [0.1, 0.15) is 52.5 Å². The fourth-order valence-electron chi connectivity index (χ4n) is 2.35. The van der Waals surface area contributed by atoms with Crippen molar-refractivity contribution >= 4 is 17.8 Å². The number of esters is 1. The normalized spacial score (nSPS) is 10.9.